The molecule has 7 rings (SSSR count). The number of hydrogen-bond acceptors (Lipinski definition) is 9. The van der Waals surface area contributed by atoms with Crippen LogP contribution in [0.5, 0.6) is 11.6 Å². The molecule has 228 valence electrons. The fourth-order valence-electron chi connectivity index (χ4n) is 5.30. The van der Waals surface area contributed by atoms with Crippen LogP contribution in [0.1, 0.15) is 17.3 Å². The first-order valence-corrected chi connectivity index (χ1v) is 15.5. The van der Waals surface area contributed by atoms with Crippen molar-refractivity contribution in [2.24, 2.45) is 0 Å². The molecule has 0 unspecified atom stereocenters. The number of hydrogen-bond donors (Lipinski definition) is 2. The lowest BCUT2D eigenvalue weighted by Crippen LogP contribution is -2.18. The van der Waals surface area contributed by atoms with Gasteiger partial charge in [-0.05, 0) is 43.3 Å². The molecular formula is C31H25FN6O6S. The van der Waals surface area contributed by atoms with Crippen molar-refractivity contribution >= 4 is 43.6 Å². The van der Waals surface area contributed by atoms with Crippen LogP contribution in [-0.4, -0.2) is 53.8 Å². The maximum Gasteiger partial charge on any atom is 0.255 e. The van der Waals surface area contributed by atoms with Gasteiger partial charge in [-0.1, -0.05) is 6.07 Å². The fourth-order valence-corrected chi connectivity index (χ4v) is 5.95. The molecule has 0 radical (unpaired) electrons. The van der Waals surface area contributed by atoms with E-state index < -0.39 is 21.7 Å². The summed E-state index contributed by atoms with van der Waals surface area (Å²) in [6.07, 6.45) is 1.52. The van der Waals surface area contributed by atoms with Crippen LogP contribution in [0.4, 0.5) is 10.1 Å². The first kappa shape index (κ1) is 28.3. The number of methoxy groups -OCH3 is 1. The predicted molar refractivity (Wildman–Crippen MR) is 165 cm³/mol. The molecule has 12 nitrogen and oxygen atoms in total. The summed E-state index contributed by atoms with van der Waals surface area (Å²) < 4.78 is 61.8. The molecular weight excluding hydrogens is 603 g/mol. The van der Waals surface area contributed by atoms with E-state index in [9.17, 15) is 17.6 Å². The maximum absolute atomic E-state index is 14.6. The van der Waals surface area contributed by atoms with Crippen LogP contribution in [0, 0.1) is 5.82 Å². The summed E-state index contributed by atoms with van der Waals surface area (Å²) in [6.45, 7) is 1.63. The van der Waals surface area contributed by atoms with E-state index in [1.165, 1.54) is 39.4 Å². The standard InChI is InChI=1S/C31H25FN6O6S/c1-4-45(40,41)37-21-13-24-18(26(31(39)33-2)29(44-24)16-8-11-25(42-3)34-14-16)12-17(21)20-9-10-23-28(35-20)30-36-27-19(32)6-5-7-22(27)38(30)15-43-23/h5-14,37H,4,15H2,1-3H3,(H,33,39). The molecule has 2 aromatic carbocycles. The molecule has 0 bridgehead atoms. The SMILES string of the molecule is CCS(=O)(=O)Nc1cc2oc(-c3ccc(OC)nc3)c(C(=O)NC)c2cc1-c1ccc2c(n1)-c1nc3c(F)cccc3n1CO2. The largest absolute Gasteiger partial charge is 0.481 e. The number of ether oxygens (including phenoxy) is 2. The van der Waals surface area contributed by atoms with Gasteiger partial charge in [0.15, 0.2) is 24.1 Å². The number of para-hydroxylation sites is 1. The number of benzene rings is 2. The first-order valence-electron chi connectivity index (χ1n) is 13.8. The zero-order valence-electron chi connectivity index (χ0n) is 24.2. The Bertz CT molecular complexity index is 2260. The number of carbonyl (C=O) groups is 1. The Hall–Kier alpha value is -5.50. The Morgan fingerprint density at radius 3 is 2.71 bits per heavy atom. The Morgan fingerprint density at radius 1 is 1.13 bits per heavy atom. The van der Waals surface area contributed by atoms with Crippen LogP contribution in [0.25, 0.3) is 56.1 Å². The van der Waals surface area contributed by atoms with Gasteiger partial charge >= 0.3 is 0 Å². The van der Waals surface area contributed by atoms with Crippen LogP contribution < -0.4 is 19.5 Å². The van der Waals surface area contributed by atoms with Crippen molar-refractivity contribution < 1.29 is 31.5 Å². The van der Waals surface area contributed by atoms with Gasteiger partial charge in [-0.3, -0.25) is 14.1 Å². The quantitative estimate of drug-likeness (QED) is 0.243. The summed E-state index contributed by atoms with van der Waals surface area (Å²) in [5.74, 6) is 0.377. The van der Waals surface area contributed by atoms with Gasteiger partial charge in [-0.25, -0.2) is 27.8 Å². The van der Waals surface area contributed by atoms with Gasteiger partial charge < -0.3 is 19.2 Å². The van der Waals surface area contributed by atoms with Crippen molar-refractivity contribution in [1.82, 2.24) is 24.8 Å². The van der Waals surface area contributed by atoms with E-state index in [0.717, 1.165) is 0 Å². The van der Waals surface area contributed by atoms with Gasteiger partial charge in [0, 0.05) is 41.9 Å². The second-order valence-corrected chi connectivity index (χ2v) is 12.2. The third-order valence-electron chi connectivity index (χ3n) is 7.56. The van der Waals surface area contributed by atoms with Crippen LogP contribution >= 0.6 is 0 Å². The minimum atomic E-state index is -3.75. The van der Waals surface area contributed by atoms with E-state index >= 15 is 0 Å². The maximum atomic E-state index is 14.6. The normalized spacial score (nSPS) is 12.4. The number of carbonyl (C=O) groups excluding carboxylic acids is 1. The Balaban J connectivity index is 1.46. The van der Waals surface area contributed by atoms with Gasteiger partial charge in [0.25, 0.3) is 5.91 Å². The first-order chi connectivity index (χ1) is 21.7. The third-order valence-corrected chi connectivity index (χ3v) is 8.85. The van der Waals surface area contributed by atoms with Crippen LogP contribution in [-0.2, 0) is 16.8 Å². The van der Waals surface area contributed by atoms with Crippen molar-refractivity contribution in [3.05, 3.63) is 72.2 Å². The molecule has 1 amide bonds. The molecule has 0 spiro atoms. The van der Waals surface area contributed by atoms with E-state index in [2.05, 4.69) is 20.0 Å². The van der Waals surface area contributed by atoms with Crippen molar-refractivity contribution in [1.29, 1.82) is 0 Å². The lowest BCUT2D eigenvalue weighted by molar-refractivity contribution is 0.0964. The zero-order chi connectivity index (χ0) is 31.5. The van der Waals surface area contributed by atoms with E-state index in [1.54, 1.807) is 47.0 Å². The minimum absolute atomic E-state index is 0.115. The van der Waals surface area contributed by atoms with Gasteiger partial charge in [0.2, 0.25) is 15.9 Å². The summed E-state index contributed by atoms with van der Waals surface area (Å²) in [4.78, 5) is 26.8. The minimum Gasteiger partial charge on any atom is -0.481 e. The predicted octanol–water partition coefficient (Wildman–Crippen LogP) is 5.19. The number of amides is 1. The highest BCUT2D eigenvalue weighted by molar-refractivity contribution is 7.92. The summed E-state index contributed by atoms with van der Waals surface area (Å²) >= 11 is 0. The number of sulfonamides is 1. The smallest absolute Gasteiger partial charge is 0.255 e. The number of anilines is 1. The van der Waals surface area contributed by atoms with E-state index in [1.807, 2.05) is 0 Å². The highest BCUT2D eigenvalue weighted by Crippen LogP contribution is 2.42. The van der Waals surface area contributed by atoms with E-state index in [0.29, 0.717) is 50.9 Å². The molecule has 5 heterocycles. The van der Waals surface area contributed by atoms with E-state index in [4.69, 9.17) is 18.9 Å². The fraction of sp³-hybridized carbons (Fsp3) is 0.161. The number of pyridine rings is 2. The molecule has 0 fully saturated rings. The van der Waals surface area contributed by atoms with Gasteiger partial charge in [-0.15, -0.1) is 0 Å². The third kappa shape index (κ3) is 4.70. The molecule has 0 aliphatic carbocycles. The van der Waals surface area contributed by atoms with Gasteiger partial charge in [-0.2, -0.15) is 0 Å². The second kappa shape index (κ2) is 10.6. The molecule has 2 N–H and O–H groups in total. The molecule has 0 saturated carbocycles. The zero-order valence-corrected chi connectivity index (χ0v) is 25.0. The Labute approximate surface area is 255 Å². The number of fused-ring (bicyclic) bond motifs is 6. The molecule has 0 saturated heterocycles. The van der Waals surface area contributed by atoms with Crippen LogP contribution in [0.3, 0.4) is 0 Å². The van der Waals surface area contributed by atoms with Crippen LogP contribution in [0.2, 0.25) is 0 Å². The van der Waals surface area contributed by atoms with Crippen molar-refractivity contribution in [3.8, 4) is 45.7 Å². The van der Waals surface area contributed by atoms with Gasteiger partial charge in [0.1, 0.15) is 22.6 Å². The number of nitrogens with one attached hydrogen (secondary N) is 2. The average molecular weight is 629 g/mol. The number of rotatable bonds is 7. The monoisotopic (exact) mass is 628 g/mol. The van der Waals surface area contributed by atoms with Crippen LogP contribution in [0.15, 0.2) is 65.2 Å². The Morgan fingerprint density at radius 2 is 1.98 bits per heavy atom. The molecule has 4 aromatic heterocycles. The number of aromatic nitrogens is 4. The van der Waals surface area contributed by atoms with E-state index in [-0.39, 0.29) is 40.6 Å². The lowest BCUT2D eigenvalue weighted by Gasteiger charge is -2.20. The topological polar surface area (TPSA) is 150 Å². The molecule has 14 heteroatoms. The highest BCUT2D eigenvalue weighted by Gasteiger charge is 2.28. The number of halogens is 1. The van der Waals surface area contributed by atoms with Gasteiger partial charge in [0.05, 0.1) is 35.3 Å². The molecule has 6 aromatic rings. The molecule has 0 atom stereocenters. The summed E-state index contributed by atoms with van der Waals surface area (Å²) in [6, 6.07) is 14.6. The number of imidazole rings is 1. The Kier molecular flexibility index (Phi) is 6.66. The summed E-state index contributed by atoms with van der Waals surface area (Å²) in [7, 11) is -0.753. The summed E-state index contributed by atoms with van der Waals surface area (Å²) in [5.41, 5.74) is 2.99. The van der Waals surface area contributed by atoms with Crippen molar-refractivity contribution in [2.45, 2.75) is 13.7 Å². The number of nitrogens with zero attached hydrogens (tertiary/aromatic N) is 4. The molecule has 1 aliphatic rings. The number of furan rings is 1. The summed E-state index contributed by atoms with van der Waals surface area (Å²) in [5, 5.41) is 3.07. The molecule has 45 heavy (non-hydrogen) atoms. The lowest BCUT2D eigenvalue weighted by atomic mass is 10.0. The van der Waals surface area contributed by atoms with Crippen molar-refractivity contribution in [2.75, 3.05) is 24.6 Å². The molecule has 1 aliphatic heterocycles. The van der Waals surface area contributed by atoms with Crippen molar-refractivity contribution in [3.63, 3.8) is 0 Å². The highest BCUT2D eigenvalue weighted by atomic mass is 32.2. The average Bonchev–Trinajstić information content (AvgIpc) is 3.63. The second-order valence-electron chi connectivity index (χ2n) is 10.2.